The molecule has 1 fully saturated rings. The quantitative estimate of drug-likeness (QED) is 0.267. The predicted molar refractivity (Wildman–Crippen MR) is 135 cm³/mol. The van der Waals surface area contributed by atoms with Crippen LogP contribution in [-0.2, 0) is 23.4 Å². The zero-order chi connectivity index (χ0) is 26.4. The van der Waals surface area contributed by atoms with Crippen LogP contribution >= 0.6 is 7.75 Å². The smallest absolute Gasteiger partial charge is 0.459 e. The van der Waals surface area contributed by atoms with Crippen molar-refractivity contribution >= 4 is 13.7 Å². The number of para-hydroxylation sites is 1. The molecule has 1 aromatic heterocycles. The monoisotopic (exact) mass is 533 g/mol. The molecule has 1 unspecified atom stereocenters. The number of nitrogens with zero attached hydrogens (tertiary/aromatic N) is 1. The zero-order valence-corrected chi connectivity index (χ0v) is 21.7. The minimum absolute atomic E-state index is 0.144. The van der Waals surface area contributed by atoms with Crippen molar-refractivity contribution in [2.24, 2.45) is 0 Å². The highest BCUT2D eigenvalue weighted by molar-refractivity contribution is 7.52. The van der Waals surface area contributed by atoms with Gasteiger partial charge in [-0.15, -0.1) is 0 Å². The molecule has 11 nitrogen and oxygen atoms in total. The number of rotatable bonds is 10. The van der Waals surface area contributed by atoms with Crippen LogP contribution in [0.3, 0.4) is 0 Å². The molecule has 0 spiro atoms. The third kappa shape index (κ3) is 7.29. The molecule has 2 aliphatic rings. The lowest BCUT2D eigenvalue weighted by molar-refractivity contribution is -0.152. The first-order valence-corrected chi connectivity index (χ1v) is 13.9. The van der Waals surface area contributed by atoms with E-state index in [1.165, 1.54) is 10.8 Å². The fraction of sp³-hybridized carbons (Fsp3) is 0.480. The minimum Gasteiger partial charge on any atom is -0.461 e. The van der Waals surface area contributed by atoms with Gasteiger partial charge < -0.3 is 14.0 Å². The van der Waals surface area contributed by atoms with Crippen LogP contribution in [0, 0.1) is 6.92 Å². The molecular formula is C25H32N3O8P. The van der Waals surface area contributed by atoms with Crippen LogP contribution in [0.4, 0.5) is 0 Å². The molecule has 1 aliphatic carbocycles. The number of carbonyl (C=O) groups is 1. The van der Waals surface area contributed by atoms with E-state index in [0.717, 1.165) is 32.1 Å². The van der Waals surface area contributed by atoms with Crippen LogP contribution in [0.2, 0.25) is 0 Å². The third-order valence-electron chi connectivity index (χ3n) is 6.14. The molecule has 200 valence electrons. The normalized spacial score (nSPS) is 22.3. The van der Waals surface area contributed by atoms with Gasteiger partial charge in [0.2, 0.25) is 0 Å². The summed E-state index contributed by atoms with van der Waals surface area (Å²) in [4.78, 5) is 38.7. The van der Waals surface area contributed by atoms with Crippen LogP contribution in [0.5, 0.6) is 5.75 Å². The zero-order valence-electron chi connectivity index (χ0n) is 20.8. The standard InChI is InChI=1S/C25H32N3O8P/c1-17-15-28(25(31)26-23(17)29)22-14-13-21(34-22)16-33-37(32,36-20-11-7-4-8-12-20)27-18(2)24(30)35-19-9-5-3-6-10-19/h4,7-8,11-15,18-19,21-22H,3,5-6,9-10,16H2,1-2H3,(H,27,32)(H,26,29,31)/t18-,21-,22+,37?/m0/s1. The first-order valence-electron chi connectivity index (χ1n) is 12.4. The van der Waals surface area contributed by atoms with Gasteiger partial charge in [-0.05, 0) is 57.7 Å². The van der Waals surface area contributed by atoms with E-state index in [1.54, 1.807) is 56.3 Å². The number of aromatic nitrogens is 2. The Morgan fingerprint density at radius 2 is 1.92 bits per heavy atom. The van der Waals surface area contributed by atoms with Gasteiger partial charge in [-0.2, -0.15) is 5.09 Å². The average molecular weight is 534 g/mol. The lowest BCUT2D eigenvalue weighted by atomic mass is 9.98. The van der Waals surface area contributed by atoms with Crippen molar-refractivity contribution in [2.75, 3.05) is 6.61 Å². The third-order valence-corrected chi connectivity index (χ3v) is 7.79. The van der Waals surface area contributed by atoms with Crippen molar-refractivity contribution < 1.29 is 27.9 Å². The molecule has 0 bridgehead atoms. The Labute approximate surface area is 214 Å². The lowest BCUT2D eigenvalue weighted by Crippen LogP contribution is -2.38. The van der Waals surface area contributed by atoms with E-state index < -0.39 is 43.3 Å². The highest BCUT2D eigenvalue weighted by Crippen LogP contribution is 2.45. The molecule has 2 aromatic rings. The summed E-state index contributed by atoms with van der Waals surface area (Å²) in [7, 11) is -4.05. The van der Waals surface area contributed by atoms with E-state index in [-0.39, 0.29) is 12.7 Å². The summed E-state index contributed by atoms with van der Waals surface area (Å²) in [5.74, 6) is -0.237. The SMILES string of the molecule is Cc1cn([C@H]2C=C[C@@H](COP(=O)(N[C@@H](C)C(=O)OC3CCCCC3)Oc3ccccc3)O2)c(=O)[nH]c1=O. The largest absolute Gasteiger partial charge is 0.461 e. The van der Waals surface area contributed by atoms with E-state index in [4.69, 9.17) is 18.5 Å². The highest BCUT2D eigenvalue weighted by atomic mass is 31.2. The number of hydrogen-bond donors (Lipinski definition) is 2. The Bertz CT molecular complexity index is 1270. The molecule has 2 N–H and O–H groups in total. The molecule has 4 atom stereocenters. The first-order chi connectivity index (χ1) is 17.7. The van der Waals surface area contributed by atoms with Gasteiger partial charge in [0.15, 0.2) is 6.23 Å². The number of aryl methyl sites for hydroxylation is 1. The van der Waals surface area contributed by atoms with Crippen LogP contribution in [0.25, 0.3) is 0 Å². The Hall–Kier alpha value is -2.98. The molecule has 37 heavy (non-hydrogen) atoms. The van der Waals surface area contributed by atoms with E-state index in [2.05, 4.69) is 10.1 Å². The Morgan fingerprint density at radius 3 is 2.65 bits per heavy atom. The van der Waals surface area contributed by atoms with E-state index >= 15 is 0 Å². The number of aromatic amines is 1. The van der Waals surface area contributed by atoms with Gasteiger partial charge in [0.1, 0.15) is 24.0 Å². The second-order valence-electron chi connectivity index (χ2n) is 9.17. The number of H-pyrrole nitrogens is 1. The first kappa shape index (κ1) is 27.1. The van der Waals surface area contributed by atoms with Gasteiger partial charge in [0, 0.05) is 11.8 Å². The summed E-state index contributed by atoms with van der Waals surface area (Å²) in [6.07, 6.45) is 7.91. The van der Waals surface area contributed by atoms with E-state index in [0.29, 0.717) is 11.3 Å². The highest BCUT2D eigenvalue weighted by Gasteiger charge is 2.35. The van der Waals surface area contributed by atoms with Crippen molar-refractivity contribution in [1.82, 2.24) is 14.6 Å². The summed E-state index contributed by atoms with van der Waals surface area (Å²) in [6, 6.07) is 7.52. The molecule has 1 aromatic carbocycles. The van der Waals surface area contributed by atoms with Gasteiger partial charge in [-0.25, -0.2) is 9.36 Å². The molecule has 4 rings (SSSR count). The summed E-state index contributed by atoms with van der Waals surface area (Å²) in [5.41, 5.74) is -0.725. The maximum absolute atomic E-state index is 13.7. The van der Waals surface area contributed by atoms with Crippen LogP contribution < -0.4 is 20.9 Å². The van der Waals surface area contributed by atoms with Crippen molar-refractivity contribution in [3.8, 4) is 5.75 Å². The maximum Gasteiger partial charge on any atom is 0.459 e. The van der Waals surface area contributed by atoms with E-state index in [9.17, 15) is 18.9 Å². The molecule has 0 radical (unpaired) electrons. The van der Waals surface area contributed by atoms with Crippen molar-refractivity contribution in [3.63, 3.8) is 0 Å². The molecule has 2 heterocycles. The van der Waals surface area contributed by atoms with Crippen LogP contribution in [-0.4, -0.2) is 40.4 Å². The van der Waals surface area contributed by atoms with Gasteiger partial charge in [0.25, 0.3) is 5.56 Å². The molecule has 1 saturated carbocycles. The Morgan fingerprint density at radius 1 is 1.19 bits per heavy atom. The second-order valence-corrected chi connectivity index (χ2v) is 10.9. The Kier molecular flexibility index (Phi) is 8.81. The minimum atomic E-state index is -4.05. The summed E-state index contributed by atoms with van der Waals surface area (Å²) in [5, 5.41) is 2.68. The number of ether oxygens (including phenoxy) is 2. The number of benzene rings is 1. The van der Waals surface area contributed by atoms with Gasteiger partial charge >= 0.3 is 19.4 Å². The topological polar surface area (TPSA) is 138 Å². The fourth-order valence-electron chi connectivity index (χ4n) is 4.14. The lowest BCUT2D eigenvalue weighted by Gasteiger charge is -2.26. The number of carbonyl (C=O) groups excluding carboxylic acids is 1. The number of nitrogens with one attached hydrogen (secondary N) is 2. The van der Waals surface area contributed by atoms with Gasteiger partial charge in [0.05, 0.1) is 6.61 Å². The molecular weight excluding hydrogens is 501 g/mol. The maximum atomic E-state index is 13.7. The molecule has 12 heteroatoms. The molecule has 0 saturated heterocycles. The van der Waals surface area contributed by atoms with Crippen molar-refractivity contribution in [2.45, 2.75) is 70.4 Å². The average Bonchev–Trinajstić information content (AvgIpc) is 3.35. The van der Waals surface area contributed by atoms with E-state index in [1.807, 2.05) is 0 Å². The fourth-order valence-corrected chi connectivity index (χ4v) is 5.64. The number of hydrogen-bond acceptors (Lipinski definition) is 8. The summed E-state index contributed by atoms with van der Waals surface area (Å²) in [6.45, 7) is 2.94. The molecule has 1 aliphatic heterocycles. The van der Waals surface area contributed by atoms with Crippen LogP contribution in [0.15, 0.2) is 58.3 Å². The van der Waals surface area contributed by atoms with Crippen molar-refractivity contribution in [3.05, 3.63) is 75.1 Å². The summed E-state index contributed by atoms with van der Waals surface area (Å²) >= 11 is 0. The Balaban J connectivity index is 1.40. The second kappa shape index (κ2) is 12.0. The summed E-state index contributed by atoms with van der Waals surface area (Å²) < 4.78 is 37.7. The number of esters is 1. The van der Waals surface area contributed by atoms with Gasteiger partial charge in [-0.1, -0.05) is 30.7 Å². The molecule has 0 amide bonds. The van der Waals surface area contributed by atoms with Gasteiger partial charge in [-0.3, -0.25) is 23.7 Å². The van der Waals surface area contributed by atoms with Crippen LogP contribution in [0.1, 0.15) is 50.8 Å². The van der Waals surface area contributed by atoms with Crippen molar-refractivity contribution in [1.29, 1.82) is 0 Å². The predicted octanol–water partition coefficient (Wildman–Crippen LogP) is 3.36.